The van der Waals surface area contributed by atoms with Gasteiger partial charge in [0, 0.05) is 0 Å². The highest BCUT2D eigenvalue weighted by Gasteiger charge is 1.98. The molecule has 5 heteroatoms. The molecule has 0 aliphatic heterocycles. The Morgan fingerprint density at radius 2 is 0.550 bits per heavy atom. The monoisotopic (exact) mass is 330 g/mol. The fourth-order valence-electron chi connectivity index (χ4n) is 0. The molecule has 0 amide bonds. The van der Waals surface area contributed by atoms with Gasteiger partial charge in [-0.2, -0.15) is 11.1 Å². The van der Waals surface area contributed by atoms with Crippen LogP contribution in [0, 0.1) is 17.8 Å². The van der Waals surface area contributed by atoms with Crippen molar-refractivity contribution >= 4 is 20.6 Å². The molecule has 0 aromatic carbocycles. The van der Waals surface area contributed by atoms with Crippen LogP contribution in [0.25, 0.3) is 0 Å². The van der Waals surface area contributed by atoms with E-state index in [1.54, 1.807) is 20.8 Å². The molecule has 3 unspecified atom stereocenters. The average Bonchev–Trinajstić information content (AvgIpc) is 2.32. The van der Waals surface area contributed by atoms with Gasteiger partial charge < -0.3 is 15.3 Å². The molecular formula is C15H39ClO3Si. The van der Waals surface area contributed by atoms with E-state index in [-0.39, 0.29) is 18.3 Å². The molecule has 0 aromatic heterocycles. The number of hydrogen-bond acceptors (Lipinski definition) is 3. The molecule has 3 atom stereocenters. The van der Waals surface area contributed by atoms with Crippen molar-refractivity contribution in [1.29, 1.82) is 0 Å². The lowest BCUT2D eigenvalue weighted by atomic mass is 10.1. The Morgan fingerprint density at radius 1 is 0.500 bits per heavy atom. The van der Waals surface area contributed by atoms with Crippen LogP contribution in [0.4, 0.5) is 0 Å². The van der Waals surface area contributed by atoms with Gasteiger partial charge in [0.25, 0.3) is 0 Å². The standard InChI is InChI=1S/3C5H12O.ClH3Si/c3*1-4(2)5(3)6;1-2/h3*4-6H,1-3H3;2H3. The summed E-state index contributed by atoms with van der Waals surface area (Å²) in [5.41, 5.74) is 0. The number of halogens is 1. The highest BCUT2D eigenvalue weighted by Crippen LogP contribution is 1.97. The van der Waals surface area contributed by atoms with Gasteiger partial charge in [0.1, 0.15) is 9.55 Å². The van der Waals surface area contributed by atoms with Crippen LogP contribution in [0.1, 0.15) is 62.3 Å². The fraction of sp³-hybridized carbons (Fsp3) is 1.00. The van der Waals surface area contributed by atoms with E-state index in [4.69, 9.17) is 26.4 Å². The van der Waals surface area contributed by atoms with Crippen LogP contribution < -0.4 is 0 Å². The zero-order valence-corrected chi connectivity index (χ0v) is 17.9. The lowest BCUT2D eigenvalue weighted by molar-refractivity contribution is 0.144. The van der Waals surface area contributed by atoms with E-state index in [1.165, 1.54) is 0 Å². The first-order valence-electron chi connectivity index (χ1n) is 7.35. The first-order valence-corrected chi connectivity index (χ1v) is 10.4. The quantitative estimate of drug-likeness (QED) is 0.550. The van der Waals surface area contributed by atoms with Gasteiger partial charge in [0.2, 0.25) is 0 Å². The number of aliphatic hydroxyl groups excluding tert-OH is 3. The lowest BCUT2D eigenvalue weighted by Crippen LogP contribution is -2.07. The smallest absolute Gasteiger partial charge is 0.109 e. The molecule has 3 N–H and O–H groups in total. The minimum Gasteiger partial charge on any atom is -0.393 e. The van der Waals surface area contributed by atoms with Crippen molar-refractivity contribution in [3.8, 4) is 0 Å². The molecular weight excluding hydrogens is 292 g/mol. The molecule has 0 saturated heterocycles. The third kappa shape index (κ3) is 36.2. The summed E-state index contributed by atoms with van der Waals surface area (Å²) in [4.78, 5) is 0. The first-order chi connectivity index (χ1) is 8.93. The maximum absolute atomic E-state index is 8.63. The second kappa shape index (κ2) is 19.4. The average molecular weight is 331 g/mol. The molecule has 0 heterocycles. The molecule has 0 aromatic rings. The summed E-state index contributed by atoms with van der Waals surface area (Å²) < 4.78 is 0. The van der Waals surface area contributed by atoms with Gasteiger partial charge in [0.15, 0.2) is 0 Å². The molecule has 3 nitrogen and oxygen atoms in total. The van der Waals surface area contributed by atoms with E-state index in [9.17, 15) is 0 Å². The molecule has 128 valence electrons. The Kier molecular flexibility index (Phi) is 27.7. The summed E-state index contributed by atoms with van der Waals surface area (Å²) in [6.07, 6.45) is -0.444. The molecule has 0 aliphatic rings. The van der Waals surface area contributed by atoms with Crippen LogP contribution >= 0.6 is 11.1 Å². The summed E-state index contributed by atoms with van der Waals surface area (Å²) in [6, 6.07) is 0. The number of hydrogen-bond donors (Lipinski definition) is 3. The van der Waals surface area contributed by atoms with Crippen molar-refractivity contribution in [1.82, 2.24) is 0 Å². The number of aliphatic hydroxyl groups is 3. The topological polar surface area (TPSA) is 60.7 Å². The molecule has 0 rings (SSSR count). The van der Waals surface area contributed by atoms with Gasteiger partial charge in [-0.25, -0.2) is 0 Å². The van der Waals surface area contributed by atoms with Gasteiger partial charge in [-0.1, -0.05) is 41.5 Å². The van der Waals surface area contributed by atoms with E-state index in [1.807, 2.05) is 41.5 Å². The second-order valence-electron chi connectivity index (χ2n) is 5.95. The van der Waals surface area contributed by atoms with Gasteiger partial charge in [0.05, 0.1) is 18.3 Å². The van der Waals surface area contributed by atoms with Crippen molar-refractivity contribution in [3.63, 3.8) is 0 Å². The van der Waals surface area contributed by atoms with Crippen LogP contribution in [-0.4, -0.2) is 43.2 Å². The van der Waals surface area contributed by atoms with Crippen molar-refractivity contribution < 1.29 is 15.3 Å². The van der Waals surface area contributed by atoms with Gasteiger partial charge in [-0.3, -0.25) is 0 Å². The highest BCUT2D eigenvalue weighted by atomic mass is 35.6. The van der Waals surface area contributed by atoms with E-state index in [0.29, 0.717) is 17.8 Å². The van der Waals surface area contributed by atoms with Crippen LogP contribution in [0.5, 0.6) is 0 Å². The second-order valence-corrected chi connectivity index (χ2v) is 5.95. The van der Waals surface area contributed by atoms with Crippen molar-refractivity contribution in [2.75, 3.05) is 0 Å². The molecule has 0 saturated carbocycles. The third-order valence-electron chi connectivity index (χ3n) is 2.89. The van der Waals surface area contributed by atoms with E-state index in [0.717, 1.165) is 9.55 Å². The normalized spacial score (nSPS) is 14.4. The van der Waals surface area contributed by atoms with Gasteiger partial charge in [-0.15, -0.1) is 0 Å². The van der Waals surface area contributed by atoms with Gasteiger partial charge in [-0.05, 0) is 38.5 Å². The highest BCUT2D eigenvalue weighted by molar-refractivity contribution is 6.80. The molecule has 0 spiro atoms. The maximum Gasteiger partial charge on any atom is 0.109 e. The third-order valence-corrected chi connectivity index (χ3v) is 2.89. The summed E-state index contributed by atoms with van der Waals surface area (Å²) in [5, 5.41) is 25.9. The summed E-state index contributed by atoms with van der Waals surface area (Å²) in [5.74, 6) is 1.22. The van der Waals surface area contributed by atoms with Crippen LogP contribution in [0.3, 0.4) is 0 Å². The SMILES string of the molecule is CC(C)C(C)O.CC(C)C(C)O.CC(C)C(C)O.[SiH3]Cl. The number of rotatable bonds is 3. The maximum atomic E-state index is 8.63. The van der Waals surface area contributed by atoms with Crippen LogP contribution in [0.2, 0.25) is 0 Å². The van der Waals surface area contributed by atoms with E-state index < -0.39 is 0 Å². The predicted molar refractivity (Wildman–Crippen MR) is 95.3 cm³/mol. The molecule has 0 radical (unpaired) electrons. The molecule has 20 heavy (non-hydrogen) atoms. The lowest BCUT2D eigenvalue weighted by Gasteiger charge is -2.04. The Balaban J connectivity index is -0.0000000902. The molecule has 0 fully saturated rings. The minimum absolute atomic E-state index is 0.148. The Bertz CT molecular complexity index is 115. The van der Waals surface area contributed by atoms with Crippen molar-refractivity contribution in [2.24, 2.45) is 17.8 Å². The summed E-state index contributed by atoms with van der Waals surface area (Å²) in [6.45, 7) is 17.3. The van der Waals surface area contributed by atoms with Gasteiger partial charge >= 0.3 is 0 Å². The molecule has 0 aliphatic carbocycles. The largest absolute Gasteiger partial charge is 0.393 e. The zero-order chi connectivity index (χ0) is 17.5. The van der Waals surface area contributed by atoms with E-state index in [2.05, 4.69) is 0 Å². The summed E-state index contributed by atoms with van der Waals surface area (Å²) >= 11 is 4.78. The first kappa shape index (κ1) is 28.5. The van der Waals surface area contributed by atoms with Crippen LogP contribution in [-0.2, 0) is 0 Å². The zero-order valence-electron chi connectivity index (χ0n) is 15.2. The van der Waals surface area contributed by atoms with Crippen molar-refractivity contribution in [2.45, 2.75) is 80.6 Å². The van der Waals surface area contributed by atoms with Crippen LogP contribution in [0.15, 0.2) is 0 Å². The fourth-order valence-corrected chi connectivity index (χ4v) is 0. The van der Waals surface area contributed by atoms with E-state index >= 15 is 0 Å². The minimum atomic E-state index is -0.148. The summed E-state index contributed by atoms with van der Waals surface area (Å²) in [7, 11) is 0.778. The Labute approximate surface area is 134 Å². The molecule has 0 bridgehead atoms. The predicted octanol–water partition coefficient (Wildman–Crippen LogP) is 2.58. The van der Waals surface area contributed by atoms with Crippen molar-refractivity contribution in [3.05, 3.63) is 0 Å². The Hall–Kier alpha value is 0.387. The Morgan fingerprint density at radius 3 is 0.550 bits per heavy atom.